The van der Waals surface area contributed by atoms with Crippen LogP contribution in [0.2, 0.25) is 0 Å². The van der Waals surface area contributed by atoms with E-state index in [2.05, 4.69) is 20.8 Å². The molecule has 0 heterocycles. The van der Waals surface area contributed by atoms with Crippen molar-refractivity contribution in [1.29, 1.82) is 0 Å². The second kappa shape index (κ2) is 24.9. The summed E-state index contributed by atoms with van der Waals surface area (Å²) in [7, 11) is 0. The Labute approximate surface area is 189 Å². The predicted octanol–water partition coefficient (Wildman–Crippen LogP) is 8.78. The van der Waals surface area contributed by atoms with Crippen LogP contribution in [0.4, 0.5) is 0 Å². The minimum absolute atomic E-state index is 0.0158. The van der Waals surface area contributed by atoms with Crippen molar-refractivity contribution in [3.8, 4) is 0 Å². The number of Topliss-reactive ketones (excluding diaryl/α,β-unsaturated/α-hetero) is 1. The first-order chi connectivity index (χ1) is 14.7. The largest absolute Gasteiger partial charge is 0.353 e. The summed E-state index contributed by atoms with van der Waals surface area (Å²) in [4.78, 5) is 11.9. The molecular formula is C27H54O3. The molecule has 0 rings (SSSR count). The summed E-state index contributed by atoms with van der Waals surface area (Å²) >= 11 is 0. The molecule has 0 atom stereocenters. The lowest BCUT2D eigenvalue weighted by Crippen LogP contribution is -2.19. The van der Waals surface area contributed by atoms with E-state index in [0.717, 1.165) is 58.2 Å². The van der Waals surface area contributed by atoms with Crippen molar-refractivity contribution in [3.63, 3.8) is 0 Å². The molecule has 0 aliphatic rings. The first kappa shape index (κ1) is 29.6. The molecule has 0 unspecified atom stereocenters. The van der Waals surface area contributed by atoms with E-state index < -0.39 is 0 Å². The zero-order chi connectivity index (χ0) is 22.1. The van der Waals surface area contributed by atoms with Gasteiger partial charge in [0.1, 0.15) is 5.78 Å². The molecule has 0 radical (unpaired) electrons. The smallest absolute Gasteiger partial charge is 0.157 e. The number of rotatable bonds is 25. The standard InChI is InChI=1S/C27H54O3/c1-4-7-10-16-21-26(28)22-17-14-13-15-18-23-27(29-24-19-11-8-5-2)30-25-20-12-9-6-3/h27H,4-25H2,1-3H3. The van der Waals surface area contributed by atoms with E-state index in [1.807, 2.05) is 0 Å². The Bertz CT molecular complexity index is 329. The summed E-state index contributed by atoms with van der Waals surface area (Å²) in [5.74, 6) is 0.471. The van der Waals surface area contributed by atoms with Crippen molar-refractivity contribution in [2.75, 3.05) is 13.2 Å². The van der Waals surface area contributed by atoms with Gasteiger partial charge in [-0.1, -0.05) is 97.8 Å². The van der Waals surface area contributed by atoms with E-state index in [9.17, 15) is 4.79 Å². The molecular weight excluding hydrogens is 372 g/mol. The van der Waals surface area contributed by atoms with Gasteiger partial charge in [0.25, 0.3) is 0 Å². The Kier molecular flexibility index (Phi) is 24.5. The summed E-state index contributed by atoms with van der Waals surface area (Å²) in [5, 5.41) is 0. The summed E-state index contributed by atoms with van der Waals surface area (Å²) in [5.41, 5.74) is 0. The molecule has 0 bridgehead atoms. The second-order valence-corrected chi connectivity index (χ2v) is 8.95. The van der Waals surface area contributed by atoms with E-state index in [-0.39, 0.29) is 6.29 Å². The van der Waals surface area contributed by atoms with Crippen molar-refractivity contribution < 1.29 is 14.3 Å². The highest BCUT2D eigenvalue weighted by molar-refractivity contribution is 5.78. The lowest BCUT2D eigenvalue weighted by molar-refractivity contribution is -0.148. The number of carbonyl (C=O) groups excluding carboxylic acids is 1. The number of ketones is 1. The topological polar surface area (TPSA) is 35.5 Å². The Morgan fingerprint density at radius 3 is 1.43 bits per heavy atom. The lowest BCUT2D eigenvalue weighted by atomic mass is 10.0. The van der Waals surface area contributed by atoms with Gasteiger partial charge in [-0.3, -0.25) is 4.79 Å². The van der Waals surface area contributed by atoms with Crippen molar-refractivity contribution in [2.24, 2.45) is 0 Å². The molecule has 0 amide bonds. The fourth-order valence-corrected chi connectivity index (χ4v) is 3.74. The van der Waals surface area contributed by atoms with E-state index in [4.69, 9.17) is 9.47 Å². The van der Waals surface area contributed by atoms with Crippen LogP contribution in [-0.4, -0.2) is 25.3 Å². The van der Waals surface area contributed by atoms with Crippen LogP contribution in [0.5, 0.6) is 0 Å². The summed E-state index contributed by atoms with van der Waals surface area (Å²) in [6.45, 7) is 8.36. The molecule has 0 aromatic rings. The molecule has 30 heavy (non-hydrogen) atoms. The van der Waals surface area contributed by atoms with Gasteiger partial charge in [0, 0.05) is 26.1 Å². The van der Waals surface area contributed by atoms with Gasteiger partial charge in [-0.25, -0.2) is 0 Å². The van der Waals surface area contributed by atoms with Crippen LogP contribution >= 0.6 is 0 Å². The maximum absolute atomic E-state index is 11.9. The van der Waals surface area contributed by atoms with Gasteiger partial charge in [0.05, 0.1) is 0 Å². The molecule has 0 saturated carbocycles. The van der Waals surface area contributed by atoms with Gasteiger partial charge in [0.2, 0.25) is 0 Å². The van der Waals surface area contributed by atoms with Crippen LogP contribution in [0.3, 0.4) is 0 Å². The normalized spacial score (nSPS) is 11.5. The van der Waals surface area contributed by atoms with E-state index in [1.54, 1.807) is 0 Å². The van der Waals surface area contributed by atoms with Crippen molar-refractivity contribution in [3.05, 3.63) is 0 Å². The van der Waals surface area contributed by atoms with Crippen molar-refractivity contribution in [1.82, 2.24) is 0 Å². The lowest BCUT2D eigenvalue weighted by Gasteiger charge is -2.19. The highest BCUT2D eigenvalue weighted by Crippen LogP contribution is 2.14. The predicted molar refractivity (Wildman–Crippen MR) is 130 cm³/mol. The molecule has 3 heteroatoms. The third-order valence-electron chi connectivity index (χ3n) is 5.81. The molecule has 3 nitrogen and oxygen atoms in total. The van der Waals surface area contributed by atoms with E-state index in [1.165, 1.54) is 83.5 Å². The quantitative estimate of drug-likeness (QED) is 0.108. The first-order valence-electron chi connectivity index (χ1n) is 13.5. The van der Waals surface area contributed by atoms with E-state index >= 15 is 0 Å². The molecule has 0 aromatic heterocycles. The number of hydrogen-bond acceptors (Lipinski definition) is 3. The van der Waals surface area contributed by atoms with E-state index in [0.29, 0.717) is 5.78 Å². The van der Waals surface area contributed by atoms with Crippen LogP contribution < -0.4 is 0 Å². The minimum atomic E-state index is -0.0158. The molecule has 180 valence electrons. The van der Waals surface area contributed by atoms with Crippen LogP contribution in [0.15, 0.2) is 0 Å². The molecule has 0 N–H and O–H groups in total. The molecule has 0 fully saturated rings. The summed E-state index contributed by atoms with van der Waals surface area (Å²) < 4.78 is 12.1. The molecule has 0 aliphatic heterocycles. The highest BCUT2D eigenvalue weighted by atomic mass is 16.7. The van der Waals surface area contributed by atoms with Gasteiger partial charge < -0.3 is 9.47 Å². The maximum Gasteiger partial charge on any atom is 0.157 e. The molecule has 0 spiro atoms. The number of unbranched alkanes of at least 4 members (excludes halogenated alkanes) is 13. The molecule has 0 saturated heterocycles. The number of hydrogen-bond donors (Lipinski definition) is 0. The number of ether oxygens (including phenoxy) is 2. The van der Waals surface area contributed by atoms with Crippen LogP contribution in [0, 0.1) is 0 Å². The van der Waals surface area contributed by atoms with Crippen LogP contribution in [0.25, 0.3) is 0 Å². The van der Waals surface area contributed by atoms with Gasteiger partial charge in [0.15, 0.2) is 6.29 Å². The Morgan fingerprint density at radius 2 is 0.933 bits per heavy atom. The van der Waals surface area contributed by atoms with Gasteiger partial charge >= 0.3 is 0 Å². The second-order valence-electron chi connectivity index (χ2n) is 8.95. The fraction of sp³-hybridized carbons (Fsp3) is 0.963. The summed E-state index contributed by atoms with van der Waals surface area (Å²) in [6, 6.07) is 0. The number of carbonyl (C=O) groups is 1. The summed E-state index contributed by atoms with van der Waals surface area (Å²) in [6.07, 6.45) is 23.2. The van der Waals surface area contributed by atoms with Crippen LogP contribution in [0.1, 0.15) is 149 Å². The van der Waals surface area contributed by atoms with Gasteiger partial charge in [-0.15, -0.1) is 0 Å². The average molecular weight is 427 g/mol. The van der Waals surface area contributed by atoms with Gasteiger partial charge in [-0.05, 0) is 38.5 Å². The SMILES string of the molecule is CCCCCCOC(CCCCCCCC(=O)CCCCCC)OCCCCCC. The van der Waals surface area contributed by atoms with Crippen LogP contribution in [-0.2, 0) is 14.3 Å². The zero-order valence-corrected chi connectivity index (χ0v) is 20.9. The molecule has 0 aliphatic carbocycles. The third-order valence-corrected chi connectivity index (χ3v) is 5.81. The monoisotopic (exact) mass is 426 g/mol. The molecule has 0 aromatic carbocycles. The zero-order valence-electron chi connectivity index (χ0n) is 20.9. The third kappa shape index (κ3) is 22.3. The average Bonchev–Trinajstić information content (AvgIpc) is 2.75. The highest BCUT2D eigenvalue weighted by Gasteiger charge is 2.09. The van der Waals surface area contributed by atoms with Crippen molar-refractivity contribution >= 4 is 5.78 Å². The Hall–Kier alpha value is -0.410. The first-order valence-corrected chi connectivity index (χ1v) is 13.5. The Balaban J connectivity index is 3.75. The minimum Gasteiger partial charge on any atom is -0.353 e. The van der Waals surface area contributed by atoms with Gasteiger partial charge in [-0.2, -0.15) is 0 Å². The maximum atomic E-state index is 11.9. The van der Waals surface area contributed by atoms with Crippen molar-refractivity contribution in [2.45, 2.75) is 155 Å². The Morgan fingerprint density at radius 1 is 0.533 bits per heavy atom. The fourth-order valence-electron chi connectivity index (χ4n) is 3.74.